The lowest BCUT2D eigenvalue weighted by Crippen LogP contribution is -2.53. The molecule has 0 saturated carbocycles. The van der Waals surface area contributed by atoms with Crippen LogP contribution in [0.15, 0.2) is 0 Å². The molecule has 6 N–H and O–H groups in total. The van der Waals surface area contributed by atoms with Crippen LogP contribution in [-0.2, 0) is 14.8 Å². The zero-order valence-electron chi connectivity index (χ0n) is 9.78. The third-order valence-corrected chi connectivity index (χ3v) is 3.44. The summed E-state index contributed by atoms with van der Waals surface area (Å²) >= 11 is 0. The standard InChI is InChI=1S/C8H18N4O4S/c1-6(9)11-3-4-12-17(15,16)5-8(2,10)7(13)14/h12H,3-5,10H2,1-2H3,(H2,9,11)(H,13,14)/t8-/m0/s1. The lowest BCUT2D eigenvalue weighted by molar-refractivity contribution is -0.141. The van der Waals surface area contributed by atoms with Crippen molar-refractivity contribution in [2.75, 3.05) is 18.8 Å². The number of aliphatic carboxylic acids is 1. The predicted molar refractivity (Wildman–Crippen MR) is 63.4 cm³/mol. The van der Waals surface area contributed by atoms with Gasteiger partial charge >= 0.3 is 5.97 Å². The number of amidine groups is 1. The van der Waals surface area contributed by atoms with Crippen LogP contribution in [0.25, 0.3) is 0 Å². The molecule has 0 unspecified atom stereocenters. The van der Waals surface area contributed by atoms with E-state index in [2.05, 4.69) is 10.0 Å². The normalized spacial score (nSPS) is 15.0. The van der Waals surface area contributed by atoms with Crippen LogP contribution < -0.4 is 15.8 Å². The van der Waals surface area contributed by atoms with E-state index < -0.39 is 27.3 Å². The van der Waals surface area contributed by atoms with Gasteiger partial charge in [0.2, 0.25) is 10.0 Å². The van der Waals surface area contributed by atoms with E-state index >= 15 is 0 Å². The largest absolute Gasteiger partial charge is 0.480 e. The third kappa shape index (κ3) is 6.87. The van der Waals surface area contributed by atoms with E-state index in [1.54, 1.807) is 0 Å². The summed E-state index contributed by atoms with van der Waals surface area (Å²) in [7, 11) is -3.75. The van der Waals surface area contributed by atoms with E-state index in [9.17, 15) is 13.2 Å². The van der Waals surface area contributed by atoms with Gasteiger partial charge in [-0.05, 0) is 13.8 Å². The van der Waals surface area contributed by atoms with Crippen molar-refractivity contribution in [3.8, 4) is 0 Å². The minimum atomic E-state index is -3.75. The van der Waals surface area contributed by atoms with Gasteiger partial charge in [-0.2, -0.15) is 0 Å². The van der Waals surface area contributed by atoms with Crippen molar-refractivity contribution in [2.45, 2.75) is 19.4 Å². The van der Waals surface area contributed by atoms with Gasteiger partial charge in [-0.3, -0.25) is 10.2 Å². The summed E-state index contributed by atoms with van der Waals surface area (Å²) in [6.45, 7) is 2.97. The second kappa shape index (κ2) is 5.94. The molecule has 100 valence electrons. The Morgan fingerprint density at radius 1 is 1.47 bits per heavy atom. The molecule has 0 spiro atoms. The van der Waals surface area contributed by atoms with Gasteiger partial charge in [0.05, 0.1) is 11.6 Å². The van der Waals surface area contributed by atoms with Crippen molar-refractivity contribution in [3.63, 3.8) is 0 Å². The summed E-state index contributed by atoms with van der Waals surface area (Å²) in [6, 6.07) is 0. The fraction of sp³-hybridized carbons (Fsp3) is 0.750. The molecule has 0 bridgehead atoms. The monoisotopic (exact) mass is 266 g/mol. The van der Waals surface area contributed by atoms with Gasteiger partial charge in [0.15, 0.2) is 0 Å². The second-order valence-corrected chi connectivity index (χ2v) is 5.73. The van der Waals surface area contributed by atoms with Gasteiger partial charge in [0.1, 0.15) is 5.54 Å². The lowest BCUT2D eigenvalue weighted by Gasteiger charge is -2.19. The molecular weight excluding hydrogens is 248 g/mol. The van der Waals surface area contributed by atoms with Gasteiger partial charge in [-0.15, -0.1) is 0 Å². The molecule has 0 aromatic rings. The molecule has 0 amide bonds. The summed E-state index contributed by atoms with van der Waals surface area (Å²) in [4.78, 5) is 10.7. The highest BCUT2D eigenvalue weighted by Crippen LogP contribution is 2.03. The summed E-state index contributed by atoms with van der Waals surface area (Å²) < 4.78 is 25.1. The molecule has 0 rings (SSSR count). The highest BCUT2D eigenvalue weighted by molar-refractivity contribution is 7.89. The number of sulfonamides is 1. The average Bonchev–Trinajstić information content (AvgIpc) is 2.10. The number of carboxylic acids is 1. The molecule has 8 nitrogen and oxygen atoms in total. The van der Waals surface area contributed by atoms with E-state index in [4.69, 9.17) is 16.2 Å². The maximum atomic E-state index is 11.5. The molecule has 0 aliphatic carbocycles. The molecule has 0 heterocycles. The van der Waals surface area contributed by atoms with Gasteiger partial charge in [0, 0.05) is 13.1 Å². The van der Waals surface area contributed by atoms with Gasteiger partial charge in [0.25, 0.3) is 0 Å². The second-order valence-electron chi connectivity index (χ2n) is 3.93. The van der Waals surface area contributed by atoms with Crippen LogP contribution in [0.3, 0.4) is 0 Å². The maximum absolute atomic E-state index is 11.5. The summed E-state index contributed by atoms with van der Waals surface area (Å²) in [5.74, 6) is -1.85. The minimum Gasteiger partial charge on any atom is -0.480 e. The Labute approximate surface area is 100 Å². The molecular formula is C8H18N4O4S. The first-order valence-electron chi connectivity index (χ1n) is 4.85. The van der Waals surface area contributed by atoms with Crippen LogP contribution in [0.2, 0.25) is 0 Å². The Hall–Kier alpha value is -1.19. The van der Waals surface area contributed by atoms with Crippen molar-refractivity contribution in [1.29, 1.82) is 5.41 Å². The van der Waals surface area contributed by atoms with Crippen LogP contribution >= 0.6 is 0 Å². The molecule has 1 atom stereocenters. The van der Waals surface area contributed by atoms with Gasteiger partial charge < -0.3 is 16.2 Å². The van der Waals surface area contributed by atoms with Crippen LogP contribution in [0.4, 0.5) is 0 Å². The number of hydrogen-bond donors (Lipinski definition) is 5. The Morgan fingerprint density at radius 2 is 2.00 bits per heavy atom. The summed E-state index contributed by atoms with van der Waals surface area (Å²) in [5, 5.41) is 18.3. The fourth-order valence-electron chi connectivity index (χ4n) is 0.964. The average molecular weight is 266 g/mol. The maximum Gasteiger partial charge on any atom is 0.324 e. The number of carbonyl (C=O) groups is 1. The summed E-state index contributed by atoms with van der Waals surface area (Å²) in [5.41, 5.74) is 3.51. The van der Waals surface area contributed by atoms with Crippen LogP contribution in [-0.4, -0.2) is 49.7 Å². The molecule has 0 fully saturated rings. The Bertz CT molecular complexity index is 390. The smallest absolute Gasteiger partial charge is 0.324 e. The molecule has 0 aliphatic rings. The minimum absolute atomic E-state index is 0.0637. The van der Waals surface area contributed by atoms with Gasteiger partial charge in [-0.1, -0.05) is 0 Å². The summed E-state index contributed by atoms with van der Waals surface area (Å²) in [6.07, 6.45) is 0. The fourth-order valence-corrected chi connectivity index (χ4v) is 2.39. The van der Waals surface area contributed by atoms with E-state index in [1.807, 2.05) is 0 Å². The SMILES string of the molecule is CC(=N)NCCNS(=O)(=O)C[C@](C)(N)C(=O)O. The Morgan fingerprint density at radius 3 is 2.41 bits per heavy atom. The highest BCUT2D eigenvalue weighted by Gasteiger charge is 2.33. The van der Waals surface area contributed by atoms with E-state index in [-0.39, 0.29) is 18.9 Å². The molecule has 0 saturated heterocycles. The molecule has 0 aromatic heterocycles. The lowest BCUT2D eigenvalue weighted by atomic mass is 10.1. The third-order valence-electron chi connectivity index (χ3n) is 1.82. The predicted octanol–water partition coefficient (Wildman–Crippen LogP) is -1.71. The zero-order chi connectivity index (χ0) is 13.7. The quantitative estimate of drug-likeness (QED) is 0.211. The van der Waals surface area contributed by atoms with Crippen LogP contribution in [0.1, 0.15) is 13.8 Å². The molecule has 9 heteroatoms. The highest BCUT2D eigenvalue weighted by atomic mass is 32.2. The van der Waals surface area contributed by atoms with E-state index in [0.29, 0.717) is 0 Å². The van der Waals surface area contributed by atoms with E-state index in [1.165, 1.54) is 6.92 Å². The topological polar surface area (TPSA) is 145 Å². The van der Waals surface area contributed by atoms with Crippen molar-refractivity contribution in [2.24, 2.45) is 5.73 Å². The first-order chi connectivity index (χ1) is 7.57. The number of nitrogens with two attached hydrogens (primary N) is 1. The van der Waals surface area contributed by atoms with Crippen molar-refractivity contribution in [1.82, 2.24) is 10.0 Å². The Balaban J connectivity index is 4.22. The molecule has 0 aromatic carbocycles. The van der Waals surface area contributed by atoms with E-state index in [0.717, 1.165) is 6.92 Å². The molecule has 0 radical (unpaired) electrons. The van der Waals surface area contributed by atoms with Crippen molar-refractivity contribution >= 4 is 21.8 Å². The number of hydrogen-bond acceptors (Lipinski definition) is 5. The first kappa shape index (κ1) is 15.8. The Kier molecular flexibility index (Phi) is 5.52. The van der Waals surface area contributed by atoms with Crippen molar-refractivity contribution in [3.05, 3.63) is 0 Å². The zero-order valence-corrected chi connectivity index (χ0v) is 10.6. The number of carboxylic acid groups (broad SMARTS) is 1. The molecule has 0 aliphatic heterocycles. The number of nitrogens with one attached hydrogen (secondary N) is 3. The van der Waals surface area contributed by atoms with Crippen LogP contribution in [0.5, 0.6) is 0 Å². The number of rotatable bonds is 7. The van der Waals surface area contributed by atoms with Crippen LogP contribution in [0, 0.1) is 5.41 Å². The molecule has 17 heavy (non-hydrogen) atoms. The van der Waals surface area contributed by atoms with Crippen molar-refractivity contribution < 1.29 is 18.3 Å². The van der Waals surface area contributed by atoms with Gasteiger partial charge in [-0.25, -0.2) is 13.1 Å². The first-order valence-corrected chi connectivity index (χ1v) is 6.51.